The summed E-state index contributed by atoms with van der Waals surface area (Å²) >= 11 is 0. The normalized spacial score (nSPS) is 10.3. The fraction of sp³-hybridized carbons (Fsp3) is 0.235. The van der Waals surface area contributed by atoms with Gasteiger partial charge in [-0.05, 0) is 50.6 Å². The molecule has 2 aromatic rings. The van der Waals surface area contributed by atoms with Crippen molar-refractivity contribution in [1.29, 1.82) is 0 Å². The van der Waals surface area contributed by atoms with E-state index in [9.17, 15) is 4.79 Å². The van der Waals surface area contributed by atoms with Crippen LogP contribution in [0.15, 0.2) is 48.5 Å². The van der Waals surface area contributed by atoms with E-state index >= 15 is 0 Å². The van der Waals surface area contributed by atoms with Crippen LogP contribution in [0.5, 0.6) is 0 Å². The van der Waals surface area contributed by atoms with Crippen molar-refractivity contribution in [3.63, 3.8) is 0 Å². The molecule has 0 unspecified atom stereocenters. The van der Waals surface area contributed by atoms with Gasteiger partial charge >= 0.3 is 0 Å². The molecule has 0 fully saturated rings. The van der Waals surface area contributed by atoms with Crippen molar-refractivity contribution in [2.75, 3.05) is 11.4 Å². The second-order valence-corrected chi connectivity index (χ2v) is 4.76. The summed E-state index contributed by atoms with van der Waals surface area (Å²) in [4.78, 5) is 14.4. The second-order valence-electron chi connectivity index (χ2n) is 4.76. The fourth-order valence-electron chi connectivity index (χ4n) is 2.17. The van der Waals surface area contributed by atoms with E-state index in [0.717, 1.165) is 22.4 Å². The topological polar surface area (TPSA) is 20.3 Å². The molecule has 0 atom stereocenters. The smallest absolute Gasteiger partial charge is 0.258 e. The van der Waals surface area contributed by atoms with Crippen molar-refractivity contribution in [2.45, 2.75) is 20.8 Å². The summed E-state index contributed by atoms with van der Waals surface area (Å²) < 4.78 is 0. The molecule has 0 aliphatic carbocycles. The molecule has 2 nitrogen and oxygen atoms in total. The van der Waals surface area contributed by atoms with Gasteiger partial charge in [-0.3, -0.25) is 4.79 Å². The summed E-state index contributed by atoms with van der Waals surface area (Å²) in [5.41, 5.74) is 3.96. The highest BCUT2D eigenvalue weighted by Crippen LogP contribution is 2.18. The van der Waals surface area contributed by atoms with E-state index in [1.54, 1.807) is 0 Å². The first-order valence-electron chi connectivity index (χ1n) is 6.57. The molecule has 0 saturated carbocycles. The van der Waals surface area contributed by atoms with Gasteiger partial charge in [0.2, 0.25) is 0 Å². The molecular formula is C17H19NO. The predicted octanol–water partition coefficient (Wildman–Crippen LogP) is 3.97. The average Bonchev–Trinajstić information content (AvgIpc) is 2.39. The Labute approximate surface area is 114 Å². The van der Waals surface area contributed by atoms with E-state index in [0.29, 0.717) is 6.54 Å². The summed E-state index contributed by atoms with van der Waals surface area (Å²) in [6, 6.07) is 15.8. The first-order chi connectivity index (χ1) is 9.11. The number of rotatable bonds is 3. The largest absolute Gasteiger partial charge is 0.309 e. The number of nitrogens with zero attached hydrogens (tertiary/aromatic N) is 1. The zero-order chi connectivity index (χ0) is 13.8. The molecule has 19 heavy (non-hydrogen) atoms. The maximum absolute atomic E-state index is 12.6. The molecule has 98 valence electrons. The van der Waals surface area contributed by atoms with Gasteiger partial charge < -0.3 is 4.90 Å². The maximum Gasteiger partial charge on any atom is 0.258 e. The minimum Gasteiger partial charge on any atom is -0.309 e. The SMILES string of the molecule is CCN(C(=O)c1cccc(C)c1)c1cccc(C)c1. The first kappa shape index (κ1) is 13.3. The number of carbonyl (C=O) groups excluding carboxylic acids is 1. The van der Waals surface area contributed by atoms with E-state index in [-0.39, 0.29) is 5.91 Å². The van der Waals surface area contributed by atoms with Crippen LogP contribution >= 0.6 is 0 Å². The predicted molar refractivity (Wildman–Crippen MR) is 79.7 cm³/mol. The lowest BCUT2D eigenvalue weighted by molar-refractivity contribution is 0.0988. The molecule has 0 bridgehead atoms. The molecule has 0 spiro atoms. The minimum atomic E-state index is 0.0526. The third-order valence-electron chi connectivity index (χ3n) is 3.14. The summed E-state index contributed by atoms with van der Waals surface area (Å²) in [6.45, 7) is 6.69. The Bertz CT molecular complexity index is 589. The Kier molecular flexibility index (Phi) is 4.00. The molecule has 2 rings (SSSR count). The molecule has 0 aliphatic heterocycles. The number of hydrogen-bond acceptors (Lipinski definition) is 1. The number of aryl methyl sites for hydroxylation is 2. The molecule has 0 radical (unpaired) electrons. The van der Waals surface area contributed by atoms with Crippen molar-refractivity contribution in [1.82, 2.24) is 0 Å². The van der Waals surface area contributed by atoms with E-state index in [4.69, 9.17) is 0 Å². The molecule has 1 amide bonds. The number of anilines is 1. The van der Waals surface area contributed by atoms with Gasteiger partial charge in [0.05, 0.1) is 0 Å². The fourth-order valence-corrected chi connectivity index (χ4v) is 2.17. The van der Waals surface area contributed by atoms with Crippen LogP contribution in [-0.4, -0.2) is 12.5 Å². The van der Waals surface area contributed by atoms with Crippen molar-refractivity contribution >= 4 is 11.6 Å². The molecule has 0 saturated heterocycles. The van der Waals surface area contributed by atoms with Crippen LogP contribution in [0.2, 0.25) is 0 Å². The highest BCUT2D eigenvalue weighted by molar-refractivity contribution is 6.06. The van der Waals surface area contributed by atoms with Gasteiger partial charge in [0.1, 0.15) is 0 Å². The zero-order valence-corrected chi connectivity index (χ0v) is 11.7. The Balaban J connectivity index is 2.34. The van der Waals surface area contributed by atoms with E-state index in [2.05, 4.69) is 0 Å². The molecular weight excluding hydrogens is 234 g/mol. The zero-order valence-electron chi connectivity index (χ0n) is 11.7. The van der Waals surface area contributed by atoms with Crippen molar-refractivity contribution < 1.29 is 4.79 Å². The maximum atomic E-state index is 12.6. The highest BCUT2D eigenvalue weighted by Gasteiger charge is 2.15. The van der Waals surface area contributed by atoms with E-state index < -0.39 is 0 Å². The number of hydrogen-bond donors (Lipinski definition) is 0. The quantitative estimate of drug-likeness (QED) is 0.810. The summed E-state index contributed by atoms with van der Waals surface area (Å²) in [7, 11) is 0. The number of benzene rings is 2. The highest BCUT2D eigenvalue weighted by atomic mass is 16.2. The summed E-state index contributed by atoms with van der Waals surface area (Å²) in [6.07, 6.45) is 0. The standard InChI is InChI=1S/C17H19NO/c1-4-18(16-10-6-8-14(3)12-16)17(19)15-9-5-7-13(2)11-15/h5-12H,4H2,1-3H3. The van der Waals surface area contributed by atoms with E-state index in [1.807, 2.05) is 74.2 Å². The van der Waals surface area contributed by atoms with Crippen LogP contribution in [-0.2, 0) is 0 Å². The average molecular weight is 253 g/mol. The van der Waals surface area contributed by atoms with Gasteiger partial charge in [0.15, 0.2) is 0 Å². The van der Waals surface area contributed by atoms with Crippen molar-refractivity contribution in [2.24, 2.45) is 0 Å². The number of amides is 1. The Morgan fingerprint density at radius 2 is 1.63 bits per heavy atom. The Morgan fingerprint density at radius 3 is 2.21 bits per heavy atom. The summed E-state index contributed by atoms with van der Waals surface area (Å²) in [5.74, 6) is 0.0526. The van der Waals surface area contributed by atoms with E-state index in [1.165, 1.54) is 0 Å². The van der Waals surface area contributed by atoms with Crippen LogP contribution in [0.4, 0.5) is 5.69 Å². The molecule has 0 heterocycles. The van der Waals surface area contributed by atoms with Crippen LogP contribution in [0.1, 0.15) is 28.4 Å². The Hall–Kier alpha value is -2.09. The molecule has 2 heteroatoms. The number of carbonyl (C=O) groups is 1. The van der Waals surface area contributed by atoms with Crippen molar-refractivity contribution in [3.05, 3.63) is 65.2 Å². The lowest BCUT2D eigenvalue weighted by Crippen LogP contribution is -2.30. The Morgan fingerprint density at radius 1 is 1.00 bits per heavy atom. The monoisotopic (exact) mass is 253 g/mol. The third kappa shape index (κ3) is 3.02. The molecule has 0 aromatic heterocycles. The van der Waals surface area contributed by atoms with Gasteiger partial charge in [-0.2, -0.15) is 0 Å². The van der Waals surface area contributed by atoms with Gasteiger partial charge in [0.25, 0.3) is 5.91 Å². The second kappa shape index (κ2) is 5.70. The van der Waals surface area contributed by atoms with Crippen molar-refractivity contribution in [3.8, 4) is 0 Å². The lowest BCUT2D eigenvalue weighted by Gasteiger charge is -2.21. The lowest BCUT2D eigenvalue weighted by atomic mass is 10.1. The third-order valence-corrected chi connectivity index (χ3v) is 3.14. The van der Waals surface area contributed by atoms with Gasteiger partial charge in [-0.15, -0.1) is 0 Å². The summed E-state index contributed by atoms with van der Waals surface area (Å²) in [5, 5.41) is 0. The van der Waals surface area contributed by atoms with Gasteiger partial charge in [0, 0.05) is 17.8 Å². The van der Waals surface area contributed by atoms with Crippen LogP contribution in [0.25, 0.3) is 0 Å². The molecule has 2 aromatic carbocycles. The first-order valence-corrected chi connectivity index (χ1v) is 6.57. The molecule has 0 N–H and O–H groups in total. The minimum absolute atomic E-state index is 0.0526. The molecule has 0 aliphatic rings. The van der Waals surface area contributed by atoms with Gasteiger partial charge in [-0.25, -0.2) is 0 Å². The van der Waals surface area contributed by atoms with Crippen LogP contribution < -0.4 is 4.90 Å². The van der Waals surface area contributed by atoms with Crippen LogP contribution in [0.3, 0.4) is 0 Å². The van der Waals surface area contributed by atoms with Crippen LogP contribution in [0, 0.1) is 13.8 Å². The van der Waals surface area contributed by atoms with Gasteiger partial charge in [-0.1, -0.05) is 29.8 Å².